The fourth-order valence-electron chi connectivity index (χ4n) is 3.47. The number of rotatable bonds is 5. The van der Waals surface area contributed by atoms with Crippen molar-refractivity contribution in [2.24, 2.45) is 7.05 Å². The van der Waals surface area contributed by atoms with Gasteiger partial charge in [0.1, 0.15) is 0 Å². The molecule has 0 radical (unpaired) electrons. The molecule has 6 heteroatoms. The van der Waals surface area contributed by atoms with E-state index in [1.807, 2.05) is 36.3 Å². The maximum Gasteiger partial charge on any atom is 0.228 e. The molecular formula is C19H22N4O2. The van der Waals surface area contributed by atoms with Crippen molar-refractivity contribution in [1.82, 2.24) is 14.3 Å². The van der Waals surface area contributed by atoms with Gasteiger partial charge in [-0.05, 0) is 24.5 Å². The molecule has 25 heavy (non-hydrogen) atoms. The van der Waals surface area contributed by atoms with Crippen LogP contribution in [0.15, 0.2) is 42.9 Å². The standard InChI is InChI=1S/C19H22N4O2/c1-22-11-14(17-6-2-3-7-18(17)22)9-19(24)21-15-10-20-23(12-15)13-16-5-4-8-25-16/h2-3,6-7,10-12,16H,4-5,8-9,13H2,1H3,(H,21,24). The van der Waals surface area contributed by atoms with Crippen molar-refractivity contribution >= 4 is 22.5 Å². The minimum absolute atomic E-state index is 0.0342. The van der Waals surface area contributed by atoms with Crippen LogP contribution >= 0.6 is 0 Å². The minimum atomic E-state index is -0.0342. The van der Waals surface area contributed by atoms with E-state index >= 15 is 0 Å². The molecule has 0 spiro atoms. The number of aryl methyl sites for hydroxylation is 1. The lowest BCUT2D eigenvalue weighted by molar-refractivity contribution is -0.115. The fraction of sp³-hybridized carbons (Fsp3) is 0.368. The monoisotopic (exact) mass is 338 g/mol. The summed E-state index contributed by atoms with van der Waals surface area (Å²) >= 11 is 0. The Morgan fingerprint density at radius 1 is 1.36 bits per heavy atom. The number of hydrogen-bond acceptors (Lipinski definition) is 3. The number of nitrogens with one attached hydrogen (secondary N) is 1. The molecule has 1 aliphatic heterocycles. The van der Waals surface area contributed by atoms with Gasteiger partial charge >= 0.3 is 0 Å². The van der Waals surface area contributed by atoms with Crippen molar-refractivity contribution in [2.45, 2.75) is 31.9 Å². The number of amides is 1. The second kappa shape index (κ2) is 6.72. The molecule has 6 nitrogen and oxygen atoms in total. The van der Waals surface area contributed by atoms with Crippen molar-refractivity contribution < 1.29 is 9.53 Å². The molecule has 1 saturated heterocycles. The molecule has 1 unspecified atom stereocenters. The Hall–Kier alpha value is -2.60. The van der Waals surface area contributed by atoms with Crippen molar-refractivity contribution in [2.75, 3.05) is 11.9 Å². The molecule has 2 aromatic heterocycles. The number of hydrogen-bond donors (Lipinski definition) is 1. The summed E-state index contributed by atoms with van der Waals surface area (Å²) in [5.74, 6) is -0.0342. The van der Waals surface area contributed by atoms with E-state index < -0.39 is 0 Å². The van der Waals surface area contributed by atoms with Gasteiger partial charge in [-0.1, -0.05) is 18.2 Å². The molecule has 1 aliphatic rings. The maximum absolute atomic E-state index is 12.4. The van der Waals surface area contributed by atoms with Gasteiger partial charge in [0.25, 0.3) is 0 Å². The number of carbonyl (C=O) groups excluding carboxylic acids is 1. The highest BCUT2D eigenvalue weighted by atomic mass is 16.5. The molecule has 3 aromatic rings. The zero-order valence-corrected chi connectivity index (χ0v) is 14.3. The largest absolute Gasteiger partial charge is 0.376 e. The Morgan fingerprint density at radius 3 is 3.08 bits per heavy atom. The Morgan fingerprint density at radius 2 is 2.24 bits per heavy atom. The van der Waals surface area contributed by atoms with E-state index in [1.165, 1.54) is 0 Å². The molecule has 1 N–H and O–H groups in total. The Balaban J connectivity index is 1.41. The van der Waals surface area contributed by atoms with E-state index in [9.17, 15) is 4.79 Å². The summed E-state index contributed by atoms with van der Waals surface area (Å²) in [6.45, 7) is 1.57. The Kier molecular flexibility index (Phi) is 4.28. The molecular weight excluding hydrogens is 316 g/mol. The highest BCUT2D eigenvalue weighted by molar-refractivity contribution is 5.95. The van der Waals surface area contributed by atoms with Crippen LogP contribution in [0.5, 0.6) is 0 Å². The fourth-order valence-corrected chi connectivity index (χ4v) is 3.47. The number of nitrogens with zero attached hydrogens (tertiary/aromatic N) is 3. The van der Waals surface area contributed by atoms with Crippen molar-refractivity contribution in [3.63, 3.8) is 0 Å². The van der Waals surface area contributed by atoms with Crippen LogP contribution in [0, 0.1) is 0 Å². The third-order valence-electron chi connectivity index (χ3n) is 4.66. The van der Waals surface area contributed by atoms with E-state index in [0.717, 1.165) is 48.1 Å². The van der Waals surface area contributed by atoms with Crippen LogP contribution in [0.4, 0.5) is 5.69 Å². The number of ether oxygens (including phenoxy) is 1. The number of benzene rings is 1. The van der Waals surface area contributed by atoms with Crippen molar-refractivity contribution in [3.05, 3.63) is 48.4 Å². The van der Waals surface area contributed by atoms with Crippen LogP contribution in [0.2, 0.25) is 0 Å². The second-order valence-electron chi connectivity index (χ2n) is 6.59. The van der Waals surface area contributed by atoms with Gasteiger partial charge in [0.2, 0.25) is 5.91 Å². The van der Waals surface area contributed by atoms with Gasteiger partial charge in [-0.15, -0.1) is 0 Å². The van der Waals surface area contributed by atoms with Crippen LogP contribution in [-0.2, 0) is 29.5 Å². The van der Waals surface area contributed by atoms with E-state index in [4.69, 9.17) is 4.74 Å². The first-order valence-corrected chi connectivity index (χ1v) is 8.66. The molecule has 1 atom stereocenters. The summed E-state index contributed by atoms with van der Waals surface area (Å²) in [6.07, 6.45) is 8.34. The SMILES string of the molecule is Cn1cc(CC(=O)Nc2cnn(CC3CCCO3)c2)c2ccccc21. The minimum Gasteiger partial charge on any atom is -0.376 e. The number of anilines is 1. The summed E-state index contributed by atoms with van der Waals surface area (Å²) in [6, 6.07) is 8.12. The predicted molar refractivity (Wildman–Crippen MR) is 96.5 cm³/mol. The first-order chi connectivity index (χ1) is 12.2. The predicted octanol–water partition coefficient (Wildman–Crippen LogP) is 2.74. The molecule has 1 aromatic carbocycles. The smallest absolute Gasteiger partial charge is 0.228 e. The van der Waals surface area contributed by atoms with Gasteiger partial charge in [0.05, 0.1) is 31.0 Å². The summed E-state index contributed by atoms with van der Waals surface area (Å²) in [5, 5.41) is 8.37. The molecule has 1 fully saturated rings. The number of fused-ring (bicyclic) bond motifs is 1. The van der Waals surface area contributed by atoms with Gasteiger partial charge in [0, 0.05) is 37.0 Å². The van der Waals surface area contributed by atoms with E-state index in [2.05, 4.69) is 27.1 Å². The van der Waals surface area contributed by atoms with Crippen LogP contribution < -0.4 is 5.32 Å². The topological polar surface area (TPSA) is 61.1 Å². The number of carbonyl (C=O) groups is 1. The van der Waals surface area contributed by atoms with Crippen molar-refractivity contribution in [3.8, 4) is 0 Å². The average molecular weight is 338 g/mol. The van der Waals surface area contributed by atoms with Gasteiger partial charge in [-0.25, -0.2) is 0 Å². The van der Waals surface area contributed by atoms with Crippen LogP contribution in [-0.4, -0.2) is 33.0 Å². The van der Waals surface area contributed by atoms with Crippen LogP contribution in [0.25, 0.3) is 10.9 Å². The molecule has 4 rings (SSSR count). The van der Waals surface area contributed by atoms with E-state index in [-0.39, 0.29) is 12.0 Å². The van der Waals surface area contributed by atoms with E-state index in [0.29, 0.717) is 6.42 Å². The first kappa shape index (κ1) is 15.9. The normalized spacial score (nSPS) is 17.2. The molecule has 3 heterocycles. The highest BCUT2D eigenvalue weighted by Crippen LogP contribution is 2.21. The Labute approximate surface area is 146 Å². The lowest BCUT2D eigenvalue weighted by atomic mass is 10.1. The summed E-state index contributed by atoms with van der Waals surface area (Å²) in [5.41, 5.74) is 2.89. The summed E-state index contributed by atoms with van der Waals surface area (Å²) in [7, 11) is 2.00. The summed E-state index contributed by atoms with van der Waals surface area (Å²) < 4.78 is 9.51. The summed E-state index contributed by atoms with van der Waals surface area (Å²) in [4.78, 5) is 12.4. The number of para-hydroxylation sites is 1. The van der Waals surface area contributed by atoms with Gasteiger partial charge in [-0.3, -0.25) is 9.48 Å². The zero-order valence-electron chi connectivity index (χ0n) is 14.3. The molecule has 130 valence electrons. The molecule has 0 saturated carbocycles. The average Bonchev–Trinajstić information content (AvgIpc) is 3.32. The van der Waals surface area contributed by atoms with Gasteiger partial charge in [0.15, 0.2) is 0 Å². The van der Waals surface area contributed by atoms with Gasteiger partial charge in [-0.2, -0.15) is 5.10 Å². The van der Waals surface area contributed by atoms with E-state index in [1.54, 1.807) is 6.20 Å². The zero-order chi connectivity index (χ0) is 17.2. The lowest BCUT2D eigenvalue weighted by Crippen LogP contribution is -2.15. The Bertz CT molecular complexity index is 890. The highest BCUT2D eigenvalue weighted by Gasteiger charge is 2.17. The second-order valence-corrected chi connectivity index (χ2v) is 6.59. The molecule has 1 amide bonds. The first-order valence-electron chi connectivity index (χ1n) is 8.66. The van der Waals surface area contributed by atoms with Crippen molar-refractivity contribution in [1.29, 1.82) is 0 Å². The molecule has 0 bridgehead atoms. The molecule has 0 aliphatic carbocycles. The third kappa shape index (κ3) is 3.44. The quantitative estimate of drug-likeness (QED) is 0.778. The third-order valence-corrected chi connectivity index (χ3v) is 4.66. The van der Waals surface area contributed by atoms with Crippen LogP contribution in [0.3, 0.4) is 0 Å². The lowest BCUT2D eigenvalue weighted by Gasteiger charge is -2.08. The van der Waals surface area contributed by atoms with Gasteiger partial charge < -0.3 is 14.6 Å². The maximum atomic E-state index is 12.4. The number of aromatic nitrogens is 3. The van der Waals surface area contributed by atoms with Crippen LogP contribution in [0.1, 0.15) is 18.4 Å².